The molecule has 1 fully saturated rings. The van der Waals surface area contributed by atoms with Crippen LogP contribution in [0.5, 0.6) is 0 Å². The standard InChI is InChI=1S/C13H25N3O2/c1-4-15(5-2)10-13(18)16-8-6-7-12(9-16)14-11(3)17/h12H,4-10H2,1-3H3,(H,14,17). The van der Waals surface area contributed by atoms with Crippen LogP contribution in [0.1, 0.15) is 33.6 Å². The van der Waals surface area contributed by atoms with Crippen molar-refractivity contribution in [1.29, 1.82) is 0 Å². The maximum absolute atomic E-state index is 12.1. The lowest BCUT2D eigenvalue weighted by Crippen LogP contribution is -2.51. The molecule has 104 valence electrons. The van der Waals surface area contributed by atoms with Crippen LogP contribution in [0.15, 0.2) is 0 Å². The van der Waals surface area contributed by atoms with E-state index >= 15 is 0 Å². The van der Waals surface area contributed by atoms with Crippen molar-refractivity contribution in [2.75, 3.05) is 32.7 Å². The Balaban J connectivity index is 2.45. The van der Waals surface area contributed by atoms with Gasteiger partial charge in [0.05, 0.1) is 6.54 Å². The van der Waals surface area contributed by atoms with Crippen molar-refractivity contribution in [2.24, 2.45) is 0 Å². The van der Waals surface area contributed by atoms with Gasteiger partial charge in [-0.3, -0.25) is 14.5 Å². The summed E-state index contributed by atoms with van der Waals surface area (Å²) in [5, 5.41) is 2.90. The average Bonchev–Trinajstić information content (AvgIpc) is 2.35. The first-order valence-corrected chi connectivity index (χ1v) is 6.84. The summed E-state index contributed by atoms with van der Waals surface area (Å²) in [7, 11) is 0. The van der Waals surface area contributed by atoms with E-state index in [9.17, 15) is 9.59 Å². The Bertz CT molecular complexity index is 290. The molecule has 0 aromatic heterocycles. The van der Waals surface area contributed by atoms with Gasteiger partial charge < -0.3 is 10.2 Å². The van der Waals surface area contributed by atoms with E-state index < -0.39 is 0 Å². The van der Waals surface area contributed by atoms with Crippen LogP contribution in [-0.2, 0) is 9.59 Å². The van der Waals surface area contributed by atoms with Gasteiger partial charge >= 0.3 is 0 Å². The molecular formula is C13H25N3O2. The van der Waals surface area contributed by atoms with Gasteiger partial charge in [-0.1, -0.05) is 13.8 Å². The average molecular weight is 255 g/mol. The number of carbonyl (C=O) groups excluding carboxylic acids is 2. The SMILES string of the molecule is CCN(CC)CC(=O)N1CCCC(NC(C)=O)C1. The number of likely N-dealkylation sites (tertiary alicyclic amines) is 1. The summed E-state index contributed by atoms with van der Waals surface area (Å²) in [6, 6.07) is 0.122. The highest BCUT2D eigenvalue weighted by Crippen LogP contribution is 2.10. The first kappa shape index (κ1) is 15.0. The second kappa shape index (κ2) is 7.36. The molecule has 1 aliphatic heterocycles. The molecule has 1 aliphatic rings. The summed E-state index contributed by atoms with van der Waals surface area (Å²) in [4.78, 5) is 27.2. The van der Waals surface area contributed by atoms with Crippen molar-refractivity contribution in [3.63, 3.8) is 0 Å². The third-order valence-corrected chi connectivity index (χ3v) is 3.43. The molecule has 0 saturated carbocycles. The molecule has 0 radical (unpaired) electrons. The number of nitrogens with one attached hydrogen (secondary N) is 1. The molecule has 1 N–H and O–H groups in total. The summed E-state index contributed by atoms with van der Waals surface area (Å²) >= 11 is 0. The predicted molar refractivity (Wildman–Crippen MR) is 71.2 cm³/mol. The van der Waals surface area contributed by atoms with Crippen LogP contribution in [-0.4, -0.2) is 60.4 Å². The lowest BCUT2D eigenvalue weighted by molar-refractivity contribution is -0.134. The lowest BCUT2D eigenvalue weighted by Gasteiger charge is -2.34. The van der Waals surface area contributed by atoms with Gasteiger partial charge in [-0.15, -0.1) is 0 Å². The summed E-state index contributed by atoms with van der Waals surface area (Å²) < 4.78 is 0. The van der Waals surface area contributed by atoms with Crippen LogP contribution >= 0.6 is 0 Å². The van der Waals surface area contributed by atoms with Crippen LogP contribution in [0.2, 0.25) is 0 Å². The molecule has 1 atom stereocenters. The monoisotopic (exact) mass is 255 g/mol. The van der Waals surface area contributed by atoms with E-state index in [0.717, 1.165) is 32.5 Å². The number of rotatable bonds is 5. The third kappa shape index (κ3) is 4.64. The van der Waals surface area contributed by atoms with Gasteiger partial charge in [0, 0.05) is 26.1 Å². The summed E-state index contributed by atoms with van der Waals surface area (Å²) in [6.07, 6.45) is 1.93. The fourth-order valence-corrected chi connectivity index (χ4v) is 2.35. The molecule has 1 unspecified atom stereocenters. The Labute approximate surface area is 110 Å². The summed E-state index contributed by atoms with van der Waals surface area (Å²) in [6.45, 7) is 9.39. The molecule has 5 heteroatoms. The maximum Gasteiger partial charge on any atom is 0.236 e. The smallest absolute Gasteiger partial charge is 0.236 e. The minimum absolute atomic E-state index is 0.0157. The van der Waals surface area contributed by atoms with Gasteiger partial charge in [0.1, 0.15) is 0 Å². The van der Waals surface area contributed by atoms with E-state index in [1.807, 2.05) is 4.90 Å². The molecule has 0 aromatic carbocycles. The Morgan fingerprint density at radius 3 is 2.56 bits per heavy atom. The number of nitrogens with zero attached hydrogens (tertiary/aromatic N) is 2. The minimum Gasteiger partial charge on any atom is -0.352 e. The number of likely N-dealkylation sites (N-methyl/N-ethyl adjacent to an activating group) is 1. The topological polar surface area (TPSA) is 52.7 Å². The zero-order valence-corrected chi connectivity index (χ0v) is 11.7. The van der Waals surface area contributed by atoms with Crippen molar-refractivity contribution in [1.82, 2.24) is 15.1 Å². The largest absolute Gasteiger partial charge is 0.352 e. The predicted octanol–water partition coefficient (Wildman–Crippen LogP) is 0.455. The Morgan fingerprint density at radius 1 is 1.33 bits per heavy atom. The minimum atomic E-state index is -0.0157. The second-order valence-electron chi connectivity index (χ2n) is 4.84. The first-order chi connectivity index (χ1) is 8.56. The van der Waals surface area contributed by atoms with E-state index in [4.69, 9.17) is 0 Å². The van der Waals surface area contributed by atoms with E-state index in [2.05, 4.69) is 24.1 Å². The maximum atomic E-state index is 12.1. The number of carbonyl (C=O) groups is 2. The number of hydrogen-bond acceptors (Lipinski definition) is 3. The van der Waals surface area contributed by atoms with Crippen LogP contribution < -0.4 is 5.32 Å². The molecule has 1 saturated heterocycles. The molecule has 0 spiro atoms. The van der Waals surface area contributed by atoms with Crippen molar-refractivity contribution < 1.29 is 9.59 Å². The molecular weight excluding hydrogens is 230 g/mol. The Morgan fingerprint density at radius 2 is 2.00 bits per heavy atom. The molecule has 0 aromatic rings. The number of piperidine rings is 1. The van der Waals surface area contributed by atoms with E-state index in [1.165, 1.54) is 6.92 Å². The zero-order chi connectivity index (χ0) is 13.5. The third-order valence-electron chi connectivity index (χ3n) is 3.43. The molecule has 0 aliphatic carbocycles. The number of amides is 2. The lowest BCUT2D eigenvalue weighted by atomic mass is 10.1. The van der Waals surface area contributed by atoms with Crippen LogP contribution in [0.4, 0.5) is 0 Å². The van der Waals surface area contributed by atoms with Crippen LogP contribution in [0, 0.1) is 0 Å². The van der Waals surface area contributed by atoms with Crippen LogP contribution in [0.25, 0.3) is 0 Å². The number of hydrogen-bond donors (Lipinski definition) is 1. The highest BCUT2D eigenvalue weighted by atomic mass is 16.2. The van der Waals surface area contributed by atoms with Crippen LogP contribution in [0.3, 0.4) is 0 Å². The van der Waals surface area contributed by atoms with Crippen molar-refractivity contribution >= 4 is 11.8 Å². The van der Waals surface area contributed by atoms with Gasteiger partial charge in [-0.2, -0.15) is 0 Å². The van der Waals surface area contributed by atoms with Crippen molar-refractivity contribution in [2.45, 2.75) is 39.7 Å². The Hall–Kier alpha value is -1.10. The summed E-state index contributed by atoms with van der Waals surface area (Å²) in [5.74, 6) is 0.159. The molecule has 18 heavy (non-hydrogen) atoms. The van der Waals surface area contributed by atoms with Gasteiger partial charge in [0.2, 0.25) is 11.8 Å². The van der Waals surface area contributed by atoms with Gasteiger partial charge in [-0.05, 0) is 25.9 Å². The quantitative estimate of drug-likeness (QED) is 0.776. The fourth-order valence-electron chi connectivity index (χ4n) is 2.35. The molecule has 0 bridgehead atoms. The van der Waals surface area contributed by atoms with E-state index in [0.29, 0.717) is 13.1 Å². The summed E-state index contributed by atoms with van der Waals surface area (Å²) in [5.41, 5.74) is 0. The van der Waals surface area contributed by atoms with E-state index in [-0.39, 0.29) is 17.9 Å². The molecule has 1 rings (SSSR count). The van der Waals surface area contributed by atoms with Crippen molar-refractivity contribution in [3.05, 3.63) is 0 Å². The Kier molecular flexibility index (Phi) is 6.12. The normalized spacial score (nSPS) is 20.0. The molecule has 5 nitrogen and oxygen atoms in total. The van der Waals surface area contributed by atoms with Gasteiger partial charge in [0.25, 0.3) is 0 Å². The van der Waals surface area contributed by atoms with Gasteiger partial charge in [0.15, 0.2) is 0 Å². The van der Waals surface area contributed by atoms with Crippen molar-refractivity contribution in [3.8, 4) is 0 Å². The second-order valence-corrected chi connectivity index (χ2v) is 4.84. The highest BCUT2D eigenvalue weighted by Gasteiger charge is 2.24. The molecule has 2 amide bonds. The fraction of sp³-hybridized carbons (Fsp3) is 0.846. The molecule has 1 heterocycles. The zero-order valence-electron chi connectivity index (χ0n) is 11.7. The highest BCUT2D eigenvalue weighted by molar-refractivity contribution is 5.78. The van der Waals surface area contributed by atoms with Gasteiger partial charge in [-0.25, -0.2) is 0 Å². The first-order valence-electron chi connectivity index (χ1n) is 6.84. The van der Waals surface area contributed by atoms with E-state index in [1.54, 1.807) is 0 Å².